The summed E-state index contributed by atoms with van der Waals surface area (Å²) in [5.74, 6) is 0.895. The summed E-state index contributed by atoms with van der Waals surface area (Å²) in [5.41, 5.74) is 4.54. The third-order valence-corrected chi connectivity index (χ3v) is 3.75. The van der Waals surface area contributed by atoms with Gasteiger partial charge in [-0.3, -0.25) is 10.3 Å². The van der Waals surface area contributed by atoms with E-state index in [1.807, 2.05) is 30.3 Å². The molecule has 3 nitrogen and oxygen atoms in total. The van der Waals surface area contributed by atoms with Gasteiger partial charge in [-0.2, -0.15) is 0 Å². The lowest BCUT2D eigenvalue weighted by Gasteiger charge is -2.21. The van der Waals surface area contributed by atoms with E-state index in [-0.39, 0.29) is 0 Å². The SMILES string of the molecule is CN(O)C1=Cc2ccc(OCc3ccccc3)cc2CC1. The Labute approximate surface area is 125 Å². The minimum atomic E-state index is 0.583. The Morgan fingerprint density at radius 3 is 2.67 bits per heavy atom. The zero-order valence-corrected chi connectivity index (χ0v) is 12.1. The Morgan fingerprint density at radius 1 is 1.10 bits per heavy atom. The van der Waals surface area contributed by atoms with E-state index < -0.39 is 0 Å². The predicted molar refractivity (Wildman–Crippen MR) is 83.1 cm³/mol. The lowest BCUT2D eigenvalue weighted by Crippen LogP contribution is -2.15. The van der Waals surface area contributed by atoms with Crippen molar-refractivity contribution in [1.82, 2.24) is 5.06 Å². The van der Waals surface area contributed by atoms with Crippen molar-refractivity contribution in [2.24, 2.45) is 0 Å². The molecule has 0 unspecified atom stereocenters. The maximum Gasteiger partial charge on any atom is 0.120 e. The average Bonchev–Trinajstić information content (AvgIpc) is 2.53. The number of rotatable bonds is 4. The molecule has 0 fully saturated rings. The number of allylic oxidation sites excluding steroid dienone is 1. The highest BCUT2D eigenvalue weighted by molar-refractivity contribution is 5.60. The van der Waals surface area contributed by atoms with Gasteiger partial charge in [-0.05, 0) is 47.7 Å². The minimum absolute atomic E-state index is 0.583. The van der Waals surface area contributed by atoms with E-state index in [4.69, 9.17) is 4.74 Å². The molecule has 108 valence electrons. The van der Waals surface area contributed by atoms with Gasteiger partial charge in [0.05, 0.1) is 0 Å². The summed E-state index contributed by atoms with van der Waals surface area (Å²) in [6, 6.07) is 16.3. The second-order valence-corrected chi connectivity index (χ2v) is 5.29. The van der Waals surface area contributed by atoms with Crippen LogP contribution in [-0.2, 0) is 13.0 Å². The first-order valence-corrected chi connectivity index (χ1v) is 7.15. The summed E-state index contributed by atoms with van der Waals surface area (Å²) >= 11 is 0. The van der Waals surface area contributed by atoms with Crippen molar-refractivity contribution in [2.45, 2.75) is 19.4 Å². The van der Waals surface area contributed by atoms with Crippen LogP contribution in [0.4, 0.5) is 0 Å². The van der Waals surface area contributed by atoms with Crippen LogP contribution < -0.4 is 4.74 Å². The van der Waals surface area contributed by atoms with Gasteiger partial charge in [0.1, 0.15) is 12.4 Å². The minimum Gasteiger partial charge on any atom is -0.489 e. The highest BCUT2D eigenvalue weighted by atomic mass is 16.5. The van der Waals surface area contributed by atoms with Crippen LogP contribution >= 0.6 is 0 Å². The first-order valence-electron chi connectivity index (χ1n) is 7.15. The predicted octanol–water partition coefficient (Wildman–Crippen LogP) is 3.87. The number of benzene rings is 2. The van der Waals surface area contributed by atoms with Crippen molar-refractivity contribution in [2.75, 3.05) is 7.05 Å². The van der Waals surface area contributed by atoms with E-state index >= 15 is 0 Å². The molecule has 2 aromatic rings. The third kappa shape index (κ3) is 3.26. The van der Waals surface area contributed by atoms with Gasteiger partial charge in [0.15, 0.2) is 0 Å². The third-order valence-electron chi connectivity index (χ3n) is 3.75. The van der Waals surface area contributed by atoms with Gasteiger partial charge in [0, 0.05) is 12.7 Å². The largest absolute Gasteiger partial charge is 0.489 e. The number of hydrogen-bond acceptors (Lipinski definition) is 3. The molecule has 3 heteroatoms. The molecule has 0 saturated heterocycles. The molecule has 0 bridgehead atoms. The van der Waals surface area contributed by atoms with Crippen molar-refractivity contribution in [3.05, 3.63) is 70.9 Å². The molecule has 3 rings (SSSR count). The zero-order chi connectivity index (χ0) is 14.7. The molecule has 0 atom stereocenters. The Balaban J connectivity index is 1.72. The van der Waals surface area contributed by atoms with Crippen molar-refractivity contribution in [3.8, 4) is 5.75 Å². The van der Waals surface area contributed by atoms with E-state index in [1.54, 1.807) is 7.05 Å². The van der Waals surface area contributed by atoms with Crippen LogP contribution in [-0.4, -0.2) is 17.3 Å². The van der Waals surface area contributed by atoms with Crippen LogP contribution in [0, 0.1) is 0 Å². The zero-order valence-electron chi connectivity index (χ0n) is 12.1. The maximum absolute atomic E-state index is 9.51. The van der Waals surface area contributed by atoms with E-state index in [9.17, 15) is 5.21 Å². The molecule has 1 aliphatic rings. The molecule has 0 radical (unpaired) electrons. The highest BCUT2D eigenvalue weighted by Crippen LogP contribution is 2.28. The summed E-state index contributed by atoms with van der Waals surface area (Å²) in [6.07, 6.45) is 3.80. The fourth-order valence-electron chi connectivity index (χ4n) is 2.54. The molecule has 0 aliphatic heterocycles. The van der Waals surface area contributed by atoms with Gasteiger partial charge >= 0.3 is 0 Å². The number of fused-ring (bicyclic) bond motifs is 1. The number of aryl methyl sites for hydroxylation is 1. The quantitative estimate of drug-likeness (QED) is 0.863. The van der Waals surface area contributed by atoms with Gasteiger partial charge in [-0.25, -0.2) is 0 Å². The Hall–Kier alpha value is -2.26. The van der Waals surface area contributed by atoms with Crippen LogP contribution in [0.15, 0.2) is 54.2 Å². The molecule has 0 aromatic heterocycles. The van der Waals surface area contributed by atoms with Crippen molar-refractivity contribution >= 4 is 6.08 Å². The van der Waals surface area contributed by atoms with Gasteiger partial charge in [-0.15, -0.1) is 0 Å². The van der Waals surface area contributed by atoms with Gasteiger partial charge in [-0.1, -0.05) is 36.4 Å². The fourth-order valence-corrected chi connectivity index (χ4v) is 2.54. The smallest absolute Gasteiger partial charge is 0.120 e. The molecule has 21 heavy (non-hydrogen) atoms. The topological polar surface area (TPSA) is 32.7 Å². The highest BCUT2D eigenvalue weighted by Gasteiger charge is 2.13. The van der Waals surface area contributed by atoms with Crippen molar-refractivity contribution < 1.29 is 9.94 Å². The summed E-state index contributed by atoms with van der Waals surface area (Å²) in [6.45, 7) is 0.583. The van der Waals surface area contributed by atoms with Crippen LogP contribution in [0.5, 0.6) is 5.75 Å². The van der Waals surface area contributed by atoms with Gasteiger partial charge < -0.3 is 4.74 Å². The second kappa shape index (κ2) is 6.02. The number of hydrogen-bond donors (Lipinski definition) is 1. The van der Waals surface area contributed by atoms with E-state index in [0.717, 1.165) is 29.9 Å². The fraction of sp³-hybridized carbons (Fsp3) is 0.222. The van der Waals surface area contributed by atoms with Crippen LogP contribution in [0.1, 0.15) is 23.1 Å². The number of ether oxygens (including phenoxy) is 1. The summed E-state index contributed by atoms with van der Waals surface area (Å²) < 4.78 is 5.85. The molecule has 1 N–H and O–H groups in total. The lowest BCUT2D eigenvalue weighted by atomic mass is 9.95. The first kappa shape index (κ1) is 13.7. The van der Waals surface area contributed by atoms with E-state index in [2.05, 4.69) is 24.3 Å². The average molecular weight is 281 g/mol. The summed E-state index contributed by atoms with van der Waals surface area (Å²) in [7, 11) is 1.66. The lowest BCUT2D eigenvalue weighted by molar-refractivity contribution is -0.0304. The molecule has 2 aromatic carbocycles. The van der Waals surface area contributed by atoms with Crippen LogP contribution in [0.3, 0.4) is 0 Å². The summed E-state index contributed by atoms with van der Waals surface area (Å²) in [4.78, 5) is 0. The Kier molecular flexibility index (Phi) is 3.93. The normalized spacial score (nSPS) is 13.3. The van der Waals surface area contributed by atoms with Crippen molar-refractivity contribution in [1.29, 1.82) is 0 Å². The monoisotopic (exact) mass is 281 g/mol. The van der Waals surface area contributed by atoms with Crippen LogP contribution in [0.2, 0.25) is 0 Å². The Morgan fingerprint density at radius 2 is 1.90 bits per heavy atom. The first-order chi connectivity index (χ1) is 10.2. The van der Waals surface area contributed by atoms with Gasteiger partial charge in [0.25, 0.3) is 0 Å². The molecule has 0 saturated carbocycles. The Bertz CT molecular complexity index is 648. The molecular weight excluding hydrogens is 262 g/mol. The second-order valence-electron chi connectivity index (χ2n) is 5.29. The standard InChI is InChI=1S/C18H19NO2/c1-19(20)17-9-7-16-12-18(10-8-15(16)11-17)21-13-14-5-3-2-4-6-14/h2-6,8,10-12,20H,7,9,13H2,1H3. The molecule has 0 spiro atoms. The molecular formula is C18H19NO2. The number of nitrogens with zero attached hydrogens (tertiary/aromatic N) is 1. The molecule has 0 heterocycles. The van der Waals surface area contributed by atoms with Gasteiger partial charge in [0.2, 0.25) is 0 Å². The van der Waals surface area contributed by atoms with Crippen molar-refractivity contribution in [3.63, 3.8) is 0 Å². The van der Waals surface area contributed by atoms with Crippen LogP contribution in [0.25, 0.3) is 6.08 Å². The van der Waals surface area contributed by atoms with E-state index in [0.29, 0.717) is 6.61 Å². The summed E-state index contributed by atoms with van der Waals surface area (Å²) in [5, 5.41) is 10.7. The van der Waals surface area contributed by atoms with E-state index in [1.165, 1.54) is 16.2 Å². The molecule has 0 amide bonds. The number of hydroxylamine groups is 2. The molecule has 1 aliphatic carbocycles. The maximum atomic E-state index is 9.51.